The SMILES string of the molecule is CCOC(=O)C1(CCCCCCCCCCCCC2(C=O)CC2)CC1. The van der Waals surface area contributed by atoms with E-state index in [0.29, 0.717) is 6.61 Å². The molecule has 0 aromatic rings. The van der Waals surface area contributed by atoms with Crippen LogP contribution in [0.25, 0.3) is 0 Å². The smallest absolute Gasteiger partial charge is 0.312 e. The van der Waals surface area contributed by atoms with E-state index in [1.165, 1.54) is 70.5 Å². The molecule has 0 radical (unpaired) electrons. The maximum atomic E-state index is 11.9. The van der Waals surface area contributed by atoms with Gasteiger partial charge in [-0.3, -0.25) is 4.79 Å². The number of esters is 1. The molecular weight excluding hydrogens is 312 g/mol. The average Bonchev–Trinajstić information content (AvgIpc) is 3.52. The van der Waals surface area contributed by atoms with Crippen LogP contribution in [0.15, 0.2) is 0 Å². The molecule has 0 spiro atoms. The second kappa shape index (κ2) is 10.3. The van der Waals surface area contributed by atoms with Crippen LogP contribution >= 0.6 is 0 Å². The largest absolute Gasteiger partial charge is 0.466 e. The third-order valence-electron chi connectivity index (χ3n) is 6.28. The molecule has 0 amide bonds. The van der Waals surface area contributed by atoms with Gasteiger partial charge in [0.2, 0.25) is 0 Å². The molecular formula is C22H38O3. The lowest BCUT2D eigenvalue weighted by Gasteiger charge is -2.13. The molecule has 2 fully saturated rings. The minimum absolute atomic E-state index is 0.0516. The van der Waals surface area contributed by atoms with E-state index in [1.807, 2.05) is 6.92 Å². The second-order valence-corrected chi connectivity index (χ2v) is 8.52. The monoisotopic (exact) mass is 350 g/mol. The number of carbonyl (C=O) groups excluding carboxylic acids is 2. The number of hydrogen-bond acceptors (Lipinski definition) is 3. The molecule has 2 aliphatic rings. The first kappa shape index (κ1) is 20.5. The summed E-state index contributed by atoms with van der Waals surface area (Å²) in [6.45, 7) is 2.40. The zero-order valence-electron chi connectivity index (χ0n) is 16.3. The summed E-state index contributed by atoms with van der Waals surface area (Å²) >= 11 is 0. The van der Waals surface area contributed by atoms with E-state index >= 15 is 0 Å². The van der Waals surface area contributed by atoms with Crippen molar-refractivity contribution in [1.82, 2.24) is 0 Å². The van der Waals surface area contributed by atoms with Gasteiger partial charge >= 0.3 is 5.97 Å². The summed E-state index contributed by atoms with van der Waals surface area (Å²) in [7, 11) is 0. The number of carbonyl (C=O) groups is 2. The van der Waals surface area contributed by atoms with Gasteiger partial charge in [0.1, 0.15) is 6.29 Å². The van der Waals surface area contributed by atoms with Crippen molar-refractivity contribution in [3.63, 3.8) is 0 Å². The lowest BCUT2D eigenvalue weighted by atomic mass is 9.97. The summed E-state index contributed by atoms with van der Waals surface area (Å²) in [5, 5.41) is 0. The van der Waals surface area contributed by atoms with Gasteiger partial charge in [0.15, 0.2) is 0 Å². The first-order valence-corrected chi connectivity index (χ1v) is 10.8. The van der Waals surface area contributed by atoms with E-state index in [4.69, 9.17) is 4.74 Å². The van der Waals surface area contributed by atoms with E-state index < -0.39 is 0 Å². The molecule has 2 rings (SSSR count). The number of ether oxygens (including phenoxy) is 1. The summed E-state index contributed by atoms with van der Waals surface area (Å²) in [6.07, 6.45) is 20.7. The minimum atomic E-state index is -0.0844. The van der Waals surface area contributed by atoms with Crippen molar-refractivity contribution >= 4 is 12.3 Å². The molecule has 0 aromatic heterocycles. The third-order valence-corrected chi connectivity index (χ3v) is 6.28. The molecule has 0 N–H and O–H groups in total. The van der Waals surface area contributed by atoms with E-state index in [-0.39, 0.29) is 16.8 Å². The predicted octanol–water partition coefficient (Wildman–Crippen LogP) is 5.99. The van der Waals surface area contributed by atoms with Gasteiger partial charge in [-0.1, -0.05) is 64.2 Å². The Labute approximate surface area is 154 Å². The van der Waals surface area contributed by atoms with Crippen LogP contribution in [0.2, 0.25) is 0 Å². The highest BCUT2D eigenvalue weighted by Gasteiger charge is 2.50. The molecule has 144 valence electrons. The second-order valence-electron chi connectivity index (χ2n) is 8.52. The van der Waals surface area contributed by atoms with Crippen LogP contribution in [-0.2, 0) is 14.3 Å². The Morgan fingerprint density at radius 2 is 1.28 bits per heavy atom. The lowest BCUT2D eigenvalue weighted by Crippen LogP contribution is -2.18. The Kier molecular flexibility index (Phi) is 8.45. The quantitative estimate of drug-likeness (QED) is 0.195. The molecule has 2 saturated carbocycles. The molecule has 0 unspecified atom stereocenters. The number of unbranched alkanes of at least 4 members (excludes halogenated alkanes) is 9. The van der Waals surface area contributed by atoms with Crippen molar-refractivity contribution in [2.24, 2.45) is 10.8 Å². The van der Waals surface area contributed by atoms with Crippen LogP contribution in [0, 0.1) is 10.8 Å². The molecule has 0 bridgehead atoms. The predicted molar refractivity (Wildman–Crippen MR) is 101 cm³/mol. The fourth-order valence-corrected chi connectivity index (χ4v) is 3.93. The van der Waals surface area contributed by atoms with E-state index in [1.54, 1.807) is 0 Å². The van der Waals surface area contributed by atoms with Gasteiger partial charge in [-0.25, -0.2) is 0 Å². The molecule has 3 nitrogen and oxygen atoms in total. The first-order chi connectivity index (χ1) is 12.2. The fraction of sp³-hybridized carbons (Fsp3) is 0.909. The van der Waals surface area contributed by atoms with Gasteiger partial charge < -0.3 is 9.53 Å². The number of rotatable bonds is 16. The maximum Gasteiger partial charge on any atom is 0.312 e. The van der Waals surface area contributed by atoms with Crippen molar-refractivity contribution < 1.29 is 14.3 Å². The topological polar surface area (TPSA) is 43.4 Å². The molecule has 0 atom stereocenters. The van der Waals surface area contributed by atoms with Crippen LogP contribution < -0.4 is 0 Å². The van der Waals surface area contributed by atoms with Gasteiger partial charge in [0.05, 0.1) is 12.0 Å². The molecule has 3 heteroatoms. The number of hydrogen-bond donors (Lipinski definition) is 0. The Bertz CT molecular complexity index is 407. The highest BCUT2D eigenvalue weighted by Crippen LogP contribution is 2.51. The molecule has 0 saturated heterocycles. The van der Waals surface area contributed by atoms with Gasteiger partial charge in [-0.2, -0.15) is 0 Å². The summed E-state index contributed by atoms with van der Waals surface area (Å²) in [5.41, 5.74) is 0.0330. The summed E-state index contributed by atoms with van der Waals surface area (Å²) in [4.78, 5) is 22.8. The van der Waals surface area contributed by atoms with Gasteiger partial charge in [0, 0.05) is 5.41 Å². The molecule has 25 heavy (non-hydrogen) atoms. The van der Waals surface area contributed by atoms with Gasteiger partial charge in [-0.15, -0.1) is 0 Å². The normalized spacial score (nSPS) is 19.4. The summed E-state index contributed by atoms with van der Waals surface area (Å²) in [6, 6.07) is 0. The molecule has 0 aliphatic heterocycles. The van der Waals surface area contributed by atoms with E-state index in [2.05, 4.69) is 0 Å². The van der Waals surface area contributed by atoms with Crippen LogP contribution in [0.4, 0.5) is 0 Å². The minimum Gasteiger partial charge on any atom is -0.466 e. The number of aldehydes is 1. The summed E-state index contributed by atoms with van der Waals surface area (Å²) in [5.74, 6) is 0.0516. The summed E-state index contributed by atoms with van der Waals surface area (Å²) < 4.78 is 5.19. The Hall–Kier alpha value is -0.860. The van der Waals surface area contributed by atoms with Crippen molar-refractivity contribution in [2.45, 2.75) is 110 Å². The first-order valence-electron chi connectivity index (χ1n) is 10.8. The standard InChI is InChI=1S/C22H38O3/c1-2-25-20(24)22(17-18-22)14-12-10-8-6-4-3-5-7-9-11-13-21(19-23)15-16-21/h19H,2-18H2,1H3. The zero-order chi connectivity index (χ0) is 18.0. The van der Waals surface area contributed by atoms with Crippen molar-refractivity contribution in [3.8, 4) is 0 Å². The average molecular weight is 351 g/mol. The van der Waals surface area contributed by atoms with E-state index in [0.717, 1.165) is 38.5 Å². The fourth-order valence-electron chi connectivity index (χ4n) is 3.93. The van der Waals surface area contributed by atoms with Crippen molar-refractivity contribution in [3.05, 3.63) is 0 Å². The Balaban J connectivity index is 1.32. The van der Waals surface area contributed by atoms with Crippen LogP contribution in [-0.4, -0.2) is 18.9 Å². The molecule has 2 aliphatic carbocycles. The van der Waals surface area contributed by atoms with Crippen molar-refractivity contribution in [2.75, 3.05) is 6.61 Å². The highest BCUT2D eigenvalue weighted by molar-refractivity contribution is 5.79. The van der Waals surface area contributed by atoms with Crippen LogP contribution in [0.5, 0.6) is 0 Å². The Morgan fingerprint density at radius 3 is 1.68 bits per heavy atom. The molecule has 0 aromatic carbocycles. The highest BCUT2D eigenvalue weighted by atomic mass is 16.5. The van der Waals surface area contributed by atoms with Gasteiger partial charge in [-0.05, 0) is 45.4 Å². The third kappa shape index (κ3) is 7.11. The molecule has 0 heterocycles. The van der Waals surface area contributed by atoms with Gasteiger partial charge in [0.25, 0.3) is 0 Å². The Morgan fingerprint density at radius 1 is 0.800 bits per heavy atom. The van der Waals surface area contributed by atoms with Crippen LogP contribution in [0.1, 0.15) is 110 Å². The van der Waals surface area contributed by atoms with Crippen LogP contribution in [0.3, 0.4) is 0 Å². The lowest BCUT2D eigenvalue weighted by molar-refractivity contribution is -0.150. The van der Waals surface area contributed by atoms with Crippen molar-refractivity contribution in [1.29, 1.82) is 0 Å². The zero-order valence-corrected chi connectivity index (χ0v) is 16.3. The van der Waals surface area contributed by atoms with E-state index in [9.17, 15) is 9.59 Å². The maximum absolute atomic E-state index is 11.9.